The molecule has 0 aliphatic rings. The molecular weight excluding hydrogens is 382 g/mol. The molecule has 30 heavy (non-hydrogen) atoms. The molecule has 0 aliphatic carbocycles. The zero-order chi connectivity index (χ0) is 21.8. The molecule has 1 amide bonds. The van der Waals surface area contributed by atoms with Gasteiger partial charge in [-0.25, -0.2) is 0 Å². The van der Waals surface area contributed by atoms with Gasteiger partial charge in [-0.2, -0.15) is 0 Å². The Balaban J connectivity index is 1.94. The number of carbonyl (C=O) groups is 1. The van der Waals surface area contributed by atoms with E-state index < -0.39 is 0 Å². The Bertz CT molecular complexity index is 1110. The summed E-state index contributed by atoms with van der Waals surface area (Å²) in [6.07, 6.45) is 3.30. The number of benzene rings is 2. The van der Waals surface area contributed by atoms with Crippen molar-refractivity contribution in [2.75, 3.05) is 26.1 Å². The maximum atomic E-state index is 12.7. The van der Waals surface area contributed by atoms with Crippen molar-refractivity contribution in [3.05, 3.63) is 53.3 Å². The highest BCUT2D eigenvalue weighted by atomic mass is 16.5. The van der Waals surface area contributed by atoms with Crippen molar-refractivity contribution in [1.82, 2.24) is 0 Å². The van der Waals surface area contributed by atoms with Gasteiger partial charge < -0.3 is 23.9 Å². The lowest BCUT2D eigenvalue weighted by atomic mass is 9.98. The average Bonchev–Trinajstić information content (AvgIpc) is 3.10. The molecule has 0 unspecified atom stereocenters. The molecule has 6 nitrogen and oxygen atoms in total. The van der Waals surface area contributed by atoms with Gasteiger partial charge in [-0.1, -0.05) is 0 Å². The summed E-state index contributed by atoms with van der Waals surface area (Å²) in [7, 11) is 3.12. The zero-order valence-electron chi connectivity index (χ0n) is 18.2. The van der Waals surface area contributed by atoms with Gasteiger partial charge in [0.25, 0.3) is 0 Å². The fraction of sp³-hybridized carbons (Fsp3) is 0.292. The molecule has 3 rings (SSSR count). The van der Waals surface area contributed by atoms with Crippen molar-refractivity contribution in [2.24, 2.45) is 0 Å². The van der Waals surface area contributed by atoms with E-state index in [9.17, 15) is 4.79 Å². The first kappa shape index (κ1) is 21.3. The maximum Gasteiger partial charge on any atom is 0.248 e. The van der Waals surface area contributed by atoms with Crippen molar-refractivity contribution < 1.29 is 23.4 Å². The van der Waals surface area contributed by atoms with Crippen LogP contribution in [0.5, 0.6) is 17.2 Å². The van der Waals surface area contributed by atoms with Crippen LogP contribution in [0, 0.1) is 13.8 Å². The number of carbonyl (C=O) groups excluding carboxylic acids is 1. The summed E-state index contributed by atoms with van der Waals surface area (Å²) < 4.78 is 22.1. The number of fused-ring (bicyclic) bond motifs is 1. The van der Waals surface area contributed by atoms with Crippen LogP contribution in [-0.4, -0.2) is 26.7 Å². The van der Waals surface area contributed by atoms with Crippen molar-refractivity contribution in [3.8, 4) is 17.2 Å². The quantitative estimate of drug-likeness (QED) is 0.521. The smallest absolute Gasteiger partial charge is 0.248 e. The van der Waals surface area contributed by atoms with E-state index >= 15 is 0 Å². The van der Waals surface area contributed by atoms with Gasteiger partial charge in [0, 0.05) is 34.3 Å². The van der Waals surface area contributed by atoms with Crippen molar-refractivity contribution in [3.63, 3.8) is 0 Å². The molecule has 0 fully saturated rings. The Kier molecular flexibility index (Phi) is 6.35. The minimum atomic E-state index is -0.246. The van der Waals surface area contributed by atoms with E-state index in [2.05, 4.69) is 5.32 Å². The van der Waals surface area contributed by atoms with Crippen LogP contribution in [0.3, 0.4) is 0 Å². The number of hydrogen-bond acceptors (Lipinski definition) is 5. The largest absolute Gasteiger partial charge is 0.493 e. The van der Waals surface area contributed by atoms with Crippen LogP contribution in [-0.2, 0) is 4.79 Å². The summed E-state index contributed by atoms with van der Waals surface area (Å²) in [5.74, 6) is 1.63. The van der Waals surface area contributed by atoms with Crippen LogP contribution in [0.4, 0.5) is 5.69 Å². The Morgan fingerprint density at radius 1 is 1.13 bits per heavy atom. The van der Waals surface area contributed by atoms with E-state index in [4.69, 9.17) is 18.6 Å². The molecule has 158 valence electrons. The summed E-state index contributed by atoms with van der Waals surface area (Å²) >= 11 is 0. The highest BCUT2D eigenvalue weighted by Crippen LogP contribution is 2.37. The van der Waals surface area contributed by atoms with Gasteiger partial charge in [0.15, 0.2) is 11.5 Å². The molecule has 0 atom stereocenters. The molecular formula is C24H27NO5. The third-order valence-corrected chi connectivity index (χ3v) is 4.95. The standard InChI is InChI=1S/C24H27NO5/c1-7-29-23-16(4)24-19(15(3)13-30-24)12-18(23)14(2)10-22(26)25-17-8-9-20(27-5)21(11-17)28-6/h8-13H,7H2,1-6H3,(H,25,26)/b14-10+. The van der Waals surface area contributed by atoms with Gasteiger partial charge in [0.2, 0.25) is 5.91 Å². The predicted molar refractivity (Wildman–Crippen MR) is 119 cm³/mol. The monoisotopic (exact) mass is 409 g/mol. The number of amides is 1. The van der Waals surface area contributed by atoms with E-state index in [1.807, 2.05) is 33.8 Å². The van der Waals surface area contributed by atoms with Crippen LogP contribution in [0.1, 0.15) is 30.5 Å². The highest BCUT2D eigenvalue weighted by molar-refractivity contribution is 6.05. The summed E-state index contributed by atoms with van der Waals surface area (Å²) in [6, 6.07) is 7.24. The number of aryl methyl sites for hydroxylation is 2. The summed E-state index contributed by atoms with van der Waals surface area (Å²) in [5, 5.41) is 3.88. The van der Waals surface area contributed by atoms with Crippen LogP contribution >= 0.6 is 0 Å². The molecule has 0 radical (unpaired) electrons. The fourth-order valence-corrected chi connectivity index (χ4v) is 3.43. The first-order valence-corrected chi connectivity index (χ1v) is 9.75. The SMILES string of the molecule is CCOc1c(/C(C)=C/C(=O)Nc2ccc(OC)c(OC)c2)cc2c(C)coc2c1C. The topological polar surface area (TPSA) is 69.9 Å². The van der Waals surface area contributed by atoms with Crippen LogP contribution in [0.25, 0.3) is 16.5 Å². The number of nitrogens with one attached hydrogen (secondary N) is 1. The van der Waals surface area contributed by atoms with E-state index in [0.717, 1.165) is 39.0 Å². The number of anilines is 1. The molecule has 1 heterocycles. The fourth-order valence-electron chi connectivity index (χ4n) is 3.43. The van der Waals surface area contributed by atoms with Gasteiger partial charge in [-0.05, 0) is 57.0 Å². The van der Waals surface area contributed by atoms with Crippen molar-refractivity contribution in [1.29, 1.82) is 0 Å². The van der Waals surface area contributed by atoms with Crippen molar-refractivity contribution >= 4 is 28.1 Å². The van der Waals surface area contributed by atoms with E-state index in [0.29, 0.717) is 23.8 Å². The third-order valence-electron chi connectivity index (χ3n) is 4.95. The van der Waals surface area contributed by atoms with Gasteiger partial charge in [0.05, 0.1) is 27.1 Å². The van der Waals surface area contributed by atoms with Gasteiger partial charge in [-0.15, -0.1) is 0 Å². The number of furan rings is 1. The molecule has 1 N–H and O–H groups in total. The van der Waals surface area contributed by atoms with E-state index in [1.165, 1.54) is 0 Å². The Hall–Kier alpha value is -3.41. The summed E-state index contributed by atoms with van der Waals surface area (Å²) in [5.41, 5.74) is 5.05. The molecule has 6 heteroatoms. The van der Waals surface area contributed by atoms with Gasteiger partial charge in [0.1, 0.15) is 11.3 Å². The van der Waals surface area contributed by atoms with Gasteiger partial charge >= 0.3 is 0 Å². The zero-order valence-corrected chi connectivity index (χ0v) is 18.2. The molecule has 1 aromatic heterocycles. The van der Waals surface area contributed by atoms with Crippen LogP contribution < -0.4 is 19.5 Å². The molecule has 3 aromatic rings. The summed E-state index contributed by atoms with van der Waals surface area (Å²) in [6.45, 7) is 8.31. The molecule has 0 saturated carbocycles. The van der Waals surface area contributed by atoms with E-state index in [-0.39, 0.29) is 5.91 Å². The minimum Gasteiger partial charge on any atom is -0.493 e. The number of ether oxygens (including phenoxy) is 3. The normalized spacial score (nSPS) is 11.5. The van der Waals surface area contributed by atoms with Crippen LogP contribution in [0.2, 0.25) is 0 Å². The second-order valence-corrected chi connectivity index (χ2v) is 6.99. The molecule has 0 aliphatic heterocycles. The Morgan fingerprint density at radius 2 is 1.87 bits per heavy atom. The number of methoxy groups -OCH3 is 2. The van der Waals surface area contributed by atoms with Crippen LogP contribution in [0.15, 0.2) is 41.0 Å². The molecule has 0 bridgehead atoms. The van der Waals surface area contributed by atoms with Gasteiger partial charge in [-0.3, -0.25) is 4.79 Å². The predicted octanol–water partition coefficient (Wildman–Crippen LogP) is 5.51. The minimum absolute atomic E-state index is 0.246. The number of allylic oxidation sites excluding steroid dienone is 1. The second kappa shape index (κ2) is 8.95. The molecule has 0 spiro atoms. The molecule has 0 saturated heterocycles. The number of hydrogen-bond donors (Lipinski definition) is 1. The lowest BCUT2D eigenvalue weighted by molar-refractivity contribution is -0.111. The second-order valence-electron chi connectivity index (χ2n) is 6.99. The Labute approximate surface area is 176 Å². The molecule has 2 aromatic carbocycles. The average molecular weight is 409 g/mol. The summed E-state index contributed by atoms with van der Waals surface area (Å²) in [4.78, 5) is 12.7. The third kappa shape index (κ3) is 4.13. The van der Waals surface area contributed by atoms with Crippen molar-refractivity contribution in [2.45, 2.75) is 27.7 Å². The van der Waals surface area contributed by atoms with E-state index in [1.54, 1.807) is 44.8 Å². The lowest BCUT2D eigenvalue weighted by Gasteiger charge is -2.15. The lowest BCUT2D eigenvalue weighted by Crippen LogP contribution is -2.09. The highest BCUT2D eigenvalue weighted by Gasteiger charge is 2.17. The Morgan fingerprint density at radius 3 is 2.53 bits per heavy atom. The maximum absolute atomic E-state index is 12.7. The number of rotatable bonds is 7. The first-order chi connectivity index (χ1) is 14.4. The first-order valence-electron chi connectivity index (χ1n) is 9.75.